The summed E-state index contributed by atoms with van der Waals surface area (Å²) in [4.78, 5) is 12.1. The van der Waals surface area contributed by atoms with Crippen molar-refractivity contribution in [3.63, 3.8) is 0 Å². The molecular formula is C14H14BrNO2S. The van der Waals surface area contributed by atoms with Crippen molar-refractivity contribution in [1.29, 1.82) is 0 Å². The number of aliphatic hydroxyl groups excluding tert-OH is 1. The van der Waals surface area contributed by atoms with Gasteiger partial charge in [0.05, 0.1) is 18.2 Å². The van der Waals surface area contributed by atoms with Crippen LogP contribution in [0.15, 0.2) is 39.5 Å². The Balaban J connectivity index is 2.13. The second-order valence-electron chi connectivity index (χ2n) is 4.23. The molecule has 1 aromatic heterocycles. The van der Waals surface area contributed by atoms with Crippen LogP contribution in [0.25, 0.3) is 0 Å². The Morgan fingerprint density at radius 1 is 1.37 bits per heavy atom. The lowest BCUT2D eigenvalue weighted by molar-refractivity contribution is 0.0916. The molecule has 1 atom stereocenters. The molecule has 0 saturated carbocycles. The van der Waals surface area contributed by atoms with Crippen LogP contribution in [0.1, 0.15) is 27.5 Å². The Morgan fingerprint density at radius 3 is 2.58 bits per heavy atom. The predicted octanol–water partition coefficient (Wildman–Crippen LogP) is 3.28. The summed E-state index contributed by atoms with van der Waals surface area (Å²) < 4.78 is 0.966. The number of benzene rings is 1. The molecule has 2 aromatic rings. The molecule has 1 heterocycles. The second kappa shape index (κ2) is 6.32. The fourth-order valence-corrected chi connectivity index (χ4v) is 2.85. The van der Waals surface area contributed by atoms with Crippen LogP contribution in [-0.4, -0.2) is 17.6 Å². The van der Waals surface area contributed by atoms with Gasteiger partial charge in [-0.3, -0.25) is 4.79 Å². The van der Waals surface area contributed by atoms with Gasteiger partial charge in [0.2, 0.25) is 0 Å². The lowest BCUT2D eigenvalue weighted by Crippen LogP contribution is -2.30. The van der Waals surface area contributed by atoms with E-state index >= 15 is 0 Å². The standard InChI is InChI=1S/C14H14BrNO2S/c1-9-7-19-8-12(9)14(18)16-13(6-17)10-2-4-11(15)5-3-10/h2-5,7-8,13,17H,6H2,1H3,(H,16,18)/t13-/m1/s1. The first-order valence-corrected chi connectivity index (χ1v) is 7.55. The summed E-state index contributed by atoms with van der Waals surface area (Å²) in [6.07, 6.45) is 0. The van der Waals surface area contributed by atoms with E-state index < -0.39 is 0 Å². The highest BCUT2D eigenvalue weighted by atomic mass is 79.9. The Kier molecular flexibility index (Phi) is 4.74. The highest BCUT2D eigenvalue weighted by Gasteiger charge is 2.16. The number of carbonyl (C=O) groups is 1. The van der Waals surface area contributed by atoms with Crippen molar-refractivity contribution < 1.29 is 9.90 Å². The van der Waals surface area contributed by atoms with Gasteiger partial charge in [0, 0.05) is 9.85 Å². The van der Waals surface area contributed by atoms with Gasteiger partial charge in [-0.15, -0.1) is 0 Å². The molecule has 0 aliphatic heterocycles. The van der Waals surface area contributed by atoms with E-state index in [0.29, 0.717) is 5.56 Å². The molecule has 0 spiro atoms. The van der Waals surface area contributed by atoms with E-state index in [1.165, 1.54) is 11.3 Å². The molecule has 5 heteroatoms. The van der Waals surface area contributed by atoms with Gasteiger partial charge in [-0.1, -0.05) is 28.1 Å². The third-order valence-electron chi connectivity index (χ3n) is 2.86. The lowest BCUT2D eigenvalue weighted by Gasteiger charge is -2.16. The first kappa shape index (κ1) is 14.2. The van der Waals surface area contributed by atoms with E-state index in [1.807, 2.05) is 41.9 Å². The molecule has 100 valence electrons. The summed E-state index contributed by atoms with van der Waals surface area (Å²) in [5.41, 5.74) is 2.50. The minimum absolute atomic E-state index is 0.128. The van der Waals surface area contributed by atoms with Crippen molar-refractivity contribution in [2.45, 2.75) is 13.0 Å². The second-order valence-corrected chi connectivity index (χ2v) is 5.89. The minimum atomic E-state index is -0.389. The summed E-state index contributed by atoms with van der Waals surface area (Å²) in [7, 11) is 0. The van der Waals surface area contributed by atoms with Crippen LogP contribution in [0.4, 0.5) is 0 Å². The Labute approximate surface area is 124 Å². The molecule has 3 nitrogen and oxygen atoms in total. The Morgan fingerprint density at radius 2 is 2.05 bits per heavy atom. The molecule has 19 heavy (non-hydrogen) atoms. The van der Waals surface area contributed by atoms with Crippen LogP contribution in [0.3, 0.4) is 0 Å². The number of rotatable bonds is 4. The maximum atomic E-state index is 12.1. The van der Waals surface area contributed by atoms with Crippen molar-refractivity contribution in [1.82, 2.24) is 5.32 Å². The fourth-order valence-electron chi connectivity index (χ4n) is 1.76. The van der Waals surface area contributed by atoms with Gasteiger partial charge in [-0.25, -0.2) is 0 Å². The number of halogens is 1. The summed E-state index contributed by atoms with van der Waals surface area (Å²) >= 11 is 4.86. The zero-order chi connectivity index (χ0) is 13.8. The molecule has 2 rings (SSSR count). The van der Waals surface area contributed by atoms with E-state index in [2.05, 4.69) is 21.2 Å². The number of amides is 1. The van der Waals surface area contributed by atoms with Crippen LogP contribution >= 0.6 is 27.3 Å². The van der Waals surface area contributed by atoms with Crippen molar-refractivity contribution in [2.24, 2.45) is 0 Å². The van der Waals surface area contributed by atoms with Crippen LogP contribution in [0, 0.1) is 6.92 Å². The molecule has 0 bridgehead atoms. The van der Waals surface area contributed by atoms with Gasteiger partial charge in [0.15, 0.2) is 0 Å². The Bertz CT molecular complexity index is 565. The number of aliphatic hydroxyl groups is 1. The maximum absolute atomic E-state index is 12.1. The zero-order valence-electron chi connectivity index (χ0n) is 10.4. The van der Waals surface area contributed by atoms with Crippen LogP contribution in [-0.2, 0) is 0 Å². The monoisotopic (exact) mass is 339 g/mol. The molecule has 0 radical (unpaired) electrons. The minimum Gasteiger partial charge on any atom is -0.394 e. The topological polar surface area (TPSA) is 49.3 Å². The molecule has 0 unspecified atom stereocenters. The summed E-state index contributed by atoms with van der Waals surface area (Å²) in [5.74, 6) is -0.152. The normalized spacial score (nSPS) is 12.2. The smallest absolute Gasteiger partial charge is 0.252 e. The largest absolute Gasteiger partial charge is 0.394 e. The van der Waals surface area contributed by atoms with Crippen molar-refractivity contribution >= 4 is 33.2 Å². The molecule has 1 aromatic carbocycles. The fraction of sp³-hybridized carbons (Fsp3) is 0.214. The zero-order valence-corrected chi connectivity index (χ0v) is 12.8. The van der Waals surface area contributed by atoms with E-state index in [4.69, 9.17) is 0 Å². The van der Waals surface area contributed by atoms with Gasteiger partial charge in [-0.05, 0) is 35.6 Å². The average molecular weight is 340 g/mol. The van der Waals surface area contributed by atoms with E-state index in [1.54, 1.807) is 0 Å². The number of hydrogen-bond donors (Lipinski definition) is 2. The van der Waals surface area contributed by atoms with E-state index in [9.17, 15) is 9.90 Å². The van der Waals surface area contributed by atoms with Gasteiger partial charge in [0.25, 0.3) is 5.91 Å². The van der Waals surface area contributed by atoms with Gasteiger partial charge >= 0.3 is 0 Å². The highest BCUT2D eigenvalue weighted by molar-refractivity contribution is 9.10. The number of aryl methyl sites for hydroxylation is 1. The van der Waals surface area contributed by atoms with E-state index in [0.717, 1.165) is 15.6 Å². The number of thiophene rings is 1. The first-order chi connectivity index (χ1) is 9.11. The maximum Gasteiger partial charge on any atom is 0.252 e. The molecule has 0 saturated heterocycles. The Hall–Kier alpha value is -1.17. The molecule has 0 fully saturated rings. The van der Waals surface area contributed by atoms with Crippen molar-refractivity contribution in [3.8, 4) is 0 Å². The molecule has 0 aliphatic rings. The number of carbonyl (C=O) groups excluding carboxylic acids is 1. The van der Waals surface area contributed by atoms with Gasteiger partial charge in [0.1, 0.15) is 0 Å². The quantitative estimate of drug-likeness (QED) is 0.897. The SMILES string of the molecule is Cc1cscc1C(=O)N[C@H](CO)c1ccc(Br)cc1. The van der Waals surface area contributed by atoms with E-state index in [-0.39, 0.29) is 18.6 Å². The summed E-state index contributed by atoms with van der Waals surface area (Å²) in [5, 5.41) is 16.0. The molecule has 2 N–H and O–H groups in total. The van der Waals surface area contributed by atoms with Crippen LogP contribution in [0.5, 0.6) is 0 Å². The average Bonchev–Trinajstić information content (AvgIpc) is 2.83. The third-order valence-corrected chi connectivity index (χ3v) is 4.25. The number of nitrogens with one attached hydrogen (secondary N) is 1. The summed E-state index contributed by atoms with van der Waals surface area (Å²) in [6.45, 7) is 1.77. The third kappa shape index (κ3) is 3.43. The number of hydrogen-bond acceptors (Lipinski definition) is 3. The summed E-state index contributed by atoms with van der Waals surface area (Å²) in [6, 6.07) is 7.15. The van der Waals surface area contributed by atoms with Gasteiger partial charge in [-0.2, -0.15) is 11.3 Å². The first-order valence-electron chi connectivity index (χ1n) is 5.82. The van der Waals surface area contributed by atoms with Crippen molar-refractivity contribution in [3.05, 3.63) is 56.2 Å². The van der Waals surface area contributed by atoms with Crippen LogP contribution < -0.4 is 5.32 Å². The lowest BCUT2D eigenvalue weighted by atomic mass is 10.1. The highest BCUT2D eigenvalue weighted by Crippen LogP contribution is 2.19. The molecule has 0 aliphatic carbocycles. The molecule has 1 amide bonds. The van der Waals surface area contributed by atoms with Gasteiger partial charge < -0.3 is 10.4 Å². The molecular weight excluding hydrogens is 326 g/mol. The van der Waals surface area contributed by atoms with Crippen LogP contribution in [0.2, 0.25) is 0 Å². The predicted molar refractivity (Wildman–Crippen MR) is 80.5 cm³/mol. The van der Waals surface area contributed by atoms with Crippen molar-refractivity contribution in [2.75, 3.05) is 6.61 Å².